The molecule has 3 rings (SSSR count). The molecule has 0 spiro atoms. The lowest BCUT2D eigenvalue weighted by atomic mass is 10.0. The van der Waals surface area contributed by atoms with Gasteiger partial charge in [0.15, 0.2) is 0 Å². The van der Waals surface area contributed by atoms with Crippen LogP contribution in [0.4, 0.5) is 5.69 Å². The maximum absolute atomic E-state index is 6.22. The number of rotatable bonds is 2. The summed E-state index contributed by atoms with van der Waals surface area (Å²) in [5, 5.41) is 8.39. The van der Waals surface area contributed by atoms with Gasteiger partial charge >= 0.3 is 0 Å². The highest BCUT2D eigenvalue weighted by Crippen LogP contribution is 2.41. The quantitative estimate of drug-likeness (QED) is 0.542. The Kier molecular flexibility index (Phi) is 4.15. The first-order valence-electron chi connectivity index (χ1n) is 5.60. The summed E-state index contributed by atoms with van der Waals surface area (Å²) in [5.41, 5.74) is 15.7. The van der Waals surface area contributed by atoms with Crippen LogP contribution in [0.2, 0.25) is 10.0 Å². The van der Waals surface area contributed by atoms with E-state index in [-0.39, 0.29) is 12.4 Å². The fraction of sp³-hybridized carbons (Fsp3) is 0.0833. The van der Waals surface area contributed by atoms with E-state index in [0.29, 0.717) is 27.8 Å². The number of benzene rings is 1. The van der Waals surface area contributed by atoms with Gasteiger partial charge in [0.25, 0.3) is 0 Å². The van der Waals surface area contributed by atoms with Gasteiger partial charge in [-0.1, -0.05) is 23.2 Å². The topological polar surface area (TPSA) is 96.5 Å². The van der Waals surface area contributed by atoms with Gasteiger partial charge in [-0.25, -0.2) is 0 Å². The fourth-order valence-electron chi connectivity index (χ4n) is 2.26. The molecule has 0 radical (unpaired) electrons. The summed E-state index contributed by atoms with van der Waals surface area (Å²) in [6, 6.07) is 1.64. The van der Waals surface area contributed by atoms with Crippen LogP contribution < -0.4 is 11.5 Å². The average molecular weight is 333 g/mol. The lowest BCUT2D eigenvalue weighted by molar-refractivity contribution is 1.02. The van der Waals surface area contributed by atoms with Gasteiger partial charge in [0.1, 0.15) is 0 Å². The van der Waals surface area contributed by atoms with Crippen LogP contribution in [0, 0.1) is 0 Å². The molecule has 0 unspecified atom stereocenters. The van der Waals surface area contributed by atoms with E-state index in [1.165, 1.54) is 0 Å². The normalized spacial score (nSPS) is 10.8. The molecule has 8 heteroatoms. The molecule has 5 nitrogen and oxygen atoms in total. The van der Waals surface area contributed by atoms with E-state index < -0.39 is 0 Å². The van der Waals surface area contributed by atoms with Gasteiger partial charge in [0.05, 0.1) is 21.8 Å². The minimum absolute atomic E-state index is 0. The third-order valence-corrected chi connectivity index (χ3v) is 3.86. The molecule has 0 saturated heterocycles. The molecular weight excluding hydrogens is 321 g/mol. The van der Waals surface area contributed by atoms with Crippen LogP contribution in [0.3, 0.4) is 0 Å². The maximum Gasteiger partial charge on any atom is 0.0834 e. The molecule has 3 aromatic rings. The average Bonchev–Trinajstić information content (AvgIpc) is 3.02. The summed E-state index contributed by atoms with van der Waals surface area (Å²) in [6.45, 7) is 0.336. The van der Waals surface area contributed by atoms with E-state index >= 15 is 0 Å². The third kappa shape index (κ3) is 2.13. The Balaban J connectivity index is 0.00000147. The predicted molar refractivity (Wildman–Crippen MR) is 85.5 cm³/mol. The minimum Gasteiger partial charge on any atom is -0.398 e. The van der Waals surface area contributed by atoms with Crippen LogP contribution in [0.5, 0.6) is 0 Å². The number of anilines is 1. The second-order valence-electron chi connectivity index (χ2n) is 4.18. The number of hydrogen-bond donors (Lipinski definition) is 4. The molecule has 0 saturated carbocycles. The Hall–Kier alpha value is -1.40. The van der Waals surface area contributed by atoms with E-state index in [9.17, 15) is 0 Å². The number of hydrogen-bond acceptors (Lipinski definition) is 3. The van der Waals surface area contributed by atoms with Crippen molar-refractivity contribution in [2.75, 3.05) is 5.73 Å². The molecule has 0 bridgehead atoms. The molecule has 6 N–H and O–H groups in total. The number of H-pyrrole nitrogens is 2. The molecule has 106 valence electrons. The van der Waals surface area contributed by atoms with Crippen molar-refractivity contribution in [1.82, 2.24) is 15.2 Å². The first-order valence-corrected chi connectivity index (χ1v) is 6.36. The maximum atomic E-state index is 6.22. The van der Waals surface area contributed by atoms with Crippen LogP contribution in [-0.4, -0.2) is 15.2 Å². The van der Waals surface area contributed by atoms with Crippen molar-refractivity contribution < 1.29 is 0 Å². The number of nitrogen functional groups attached to an aromatic ring is 1. The zero-order valence-electron chi connectivity index (χ0n) is 10.2. The lowest BCUT2D eigenvalue weighted by Crippen LogP contribution is -1.98. The number of halogens is 3. The Morgan fingerprint density at radius 2 is 2.05 bits per heavy atom. The van der Waals surface area contributed by atoms with Crippen molar-refractivity contribution in [3.05, 3.63) is 34.2 Å². The molecule has 2 heterocycles. The van der Waals surface area contributed by atoms with Gasteiger partial charge in [0.2, 0.25) is 0 Å². The molecule has 0 aliphatic rings. The first-order chi connectivity index (χ1) is 9.13. The summed E-state index contributed by atoms with van der Waals surface area (Å²) < 4.78 is 0. The lowest BCUT2D eigenvalue weighted by Gasteiger charge is -2.04. The van der Waals surface area contributed by atoms with Crippen LogP contribution in [0.25, 0.3) is 22.0 Å². The molecular formula is C12H12Cl3N5. The van der Waals surface area contributed by atoms with Crippen molar-refractivity contribution in [3.8, 4) is 11.1 Å². The summed E-state index contributed by atoms with van der Waals surface area (Å²) in [6.07, 6.45) is 3.49. The molecule has 2 aromatic heterocycles. The zero-order chi connectivity index (χ0) is 13.6. The monoisotopic (exact) mass is 331 g/mol. The summed E-state index contributed by atoms with van der Waals surface area (Å²) in [7, 11) is 0. The standard InChI is InChI=1S/C12H11Cl2N5.ClH/c13-6-1-7(16)10-9(5-3-17-18-4-5)8(2-15)19-12(10)11(6)14;/h1,3-4,19H,2,15-16H2,(H,17,18);1H. The van der Waals surface area contributed by atoms with Gasteiger partial charge in [-0.15, -0.1) is 12.4 Å². The van der Waals surface area contributed by atoms with E-state index in [0.717, 1.165) is 22.2 Å². The van der Waals surface area contributed by atoms with Crippen LogP contribution in [-0.2, 0) is 6.54 Å². The summed E-state index contributed by atoms with van der Waals surface area (Å²) in [4.78, 5) is 3.19. The molecule has 0 aliphatic carbocycles. The summed E-state index contributed by atoms with van der Waals surface area (Å²) >= 11 is 12.3. The highest BCUT2D eigenvalue weighted by molar-refractivity contribution is 6.46. The largest absolute Gasteiger partial charge is 0.398 e. The number of fused-ring (bicyclic) bond motifs is 1. The van der Waals surface area contributed by atoms with Crippen molar-refractivity contribution in [3.63, 3.8) is 0 Å². The van der Waals surface area contributed by atoms with Crippen molar-refractivity contribution in [1.29, 1.82) is 0 Å². The number of nitrogens with zero attached hydrogens (tertiary/aromatic N) is 1. The Morgan fingerprint density at radius 3 is 2.65 bits per heavy atom. The summed E-state index contributed by atoms with van der Waals surface area (Å²) in [5.74, 6) is 0. The first kappa shape index (κ1) is 15.0. The van der Waals surface area contributed by atoms with Crippen molar-refractivity contribution >= 4 is 52.2 Å². The molecule has 20 heavy (non-hydrogen) atoms. The van der Waals surface area contributed by atoms with Crippen molar-refractivity contribution in [2.45, 2.75) is 6.54 Å². The van der Waals surface area contributed by atoms with E-state index in [1.54, 1.807) is 18.5 Å². The molecule has 1 aromatic carbocycles. The second-order valence-corrected chi connectivity index (χ2v) is 4.97. The molecule has 0 aliphatic heterocycles. The van der Waals surface area contributed by atoms with Crippen LogP contribution >= 0.6 is 35.6 Å². The van der Waals surface area contributed by atoms with E-state index in [4.69, 9.17) is 34.7 Å². The highest BCUT2D eigenvalue weighted by atomic mass is 35.5. The fourth-order valence-corrected chi connectivity index (χ4v) is 2.66. The predicted octanol–water partition coefficient (Wildman–Crippen LogP) is 3.33. The van der Waals surface area contributed by atoms with E-state index in [2.05, 4.69) is 15.2 Å². The number of nitrogens with two attached hydrogens (primary N) is 2. The Labute approximate surface area is 131 Å². The second kappa shape index (κ2) is 5.54. The molecule has 0 atom stereocenters. The van der Waals surface area contributed by atoms with E-state index in [1.807, 2.05) is 0 Å². The Bertz CT molecular complexity index is 748. The van der Waals surface area contributed by atoms with Gasteiger partial charge in [-0.05, 0) is 6.07 Å². The minimum atomic E-state index is 0. The number of nitrogens with one attached hydrogen (secondary N) is 2. The number of aromatic amines is 2. The van der Waals surface area contributed by atoms with Gasteiger partial charge in [-0.2, -0.15) is 5.10 Å². The van der Waals surface area contributed by atoms with Gasteiger partial charge in [-0.3, -0.25) is 5.10 Å². The van der Waals surface area contributed by atoms with Crippen molar-refractivity contribution in [2.24, 2.45) is 5.73 Å². The van der Waals surface area contributed by atoms with Crippen LogP contribution in [0.1, 0.15) is 5.69 Å². The molecule has 0 amide bonds. The third-order valence-electron chi connectivity index (χ3n) is 3.07. The van der Waals surface area contributed by atoms with Gasteiger partial charge < -0.3 is 16.5 Å². The highest BCUT2D eigenvalue weighted by Gasteiger charge is 2.19. The number of aromatic nitrogens is 3. The van der Waals surface area contributed by atoms with Gasteiger partial charge in [0, 0.05) is 40.6 Å². The zero-order valence-corrected chi connectivity index (χ0v) is 12.5. The smallest absolute Gasteiger partial charge is 0.0834 e. The van der Waals surface area contributed by atoms with Crippen LogP contribution in [0.15, 0.2) is 18.5 Å². The Morgan fingerprint density at radius 1 is 1.30 bits per heavy atom. The SMILES string of the molecule is Cl.NCc1[nH]c2c(Cl)c(Cl)cc(N)c2c1-c1cn[nH]c1. The molecule has 0 fully saturated rings.